The standard InChI is InChI=1S/C13H14N4O2/c1-3-15-12-5-4-11(17(18)19)13(16-12)10-6-7-14-8-9(10)2/h4-8H,3H2,1-2H3,(H,15,16). The minimum Gasteiger partial charge on any atom is -0.370 e. The van der Waals surface area contributed by atoms with E-state index in [-0.39, 0.29) is 5.69 Å². The van der Waals surface area contributed by atoms with Crippen LogP contribution in [0.1, 0.15) is 12.5 Å². The Hall–Kier alpha value is -2.50. The van der Waals surface area contributed by atoms with Gasteiger partial charge in [0.05, 0.1) is 4.92 Å². The van der Waals surface area contributed by atoms with Gasteiger partial charge in [-0.25, -0.2) is 4.98 Å². The molecule has 1 N–H and O–H groups in total. The van der Waals surface area contributed by atoms with Gasteiger partial charge >= 0.3 is 0 Å². The van der Waals surface area contributed by atoms with Crippen molar-refractivity contribution >= 4 is 11.5 Å². The molecule has 2 heterocycles. The second-order valence-corrected chi connectivity index (χ2v) is 4.04. The Morgan fingerprint density at radius 3 is 2.79 bits per heavy atom. The maximum Gasteiger partial charge on any atom is 0.295 e. The van der Waals surface area contributed by atoms with Crippen LogP contribution in [-0.4, -0.2) is 21.4 Å². The number of pyridine rings is 2. The van der Waals surface area contributed by atoms with Crippen molar-refractivity contribution in [3.8, 4) is 11.3 Å². The van der Waals surface area contributed by atoms with Gasteiger partial charge in [-0.15, -0.1) is 0 Å². The smallest absolute Gasteiger partial charge is 0.295 e. The Morgan fingerprint density at radius 1 is 1.37 bits per heavy atom. The fraction of sp³-hybridized carbons (Fsp3) is 0.231. The molecule has 0 fully saturated rings. The zero-order chi connectivity index (χ0) is 13.8. The number of rotatable bonds is 4. The Labute approximate surface area is 110 Å². The second-order valence-electron chi connectivity index (χ2n) is 4.04. The molecule has 0 bridgehead atoms. The average Bonchev–Trinajstić information content (AvgIpc) is 2.39. The van der Waals surface area contributed by atoms with Crippen LogP contribution in [0.15, 0.2) is 30.6 Å². The van der Waals surface area contributed by atoms with E-state index in [1.165, 1.54) is 6.07 Å². The van der Waals surface area contributed by atoms with Gasteiger partial charge < -0.3 is 5.32 Å². The fourth-order valence-corrected chi connectivity index (χ4v) is 1.82. The highest BCUT2D eigenvalue weighted by molar-refractivity contribution is 5.73. The number of hydrogen-bond donors (Lipinski definition) is 1. The van der Waals surface area contributed by atoms with E-state index in [1.54, 1.807) is 24.5 Å². The van der Waals surface area contributed by atoms with Crippen LogP contribution in [0, 0.1) is 17.0 Å². The highest BCUT2D eigenvalue weighted by atomic mass is 16.6. The second kappa shape index (κ2) is 5.43. The van der Waals surface area contributed by atoms with Gasteiger partial charge in [-0.3, -0.25) is 15.1 Å². The van der Waals surface area contributed by atoms with Gasteiger partial charge in [-0.1, -0.05) is 0 Å². The van der Waals surface area contributed by atoms with Gasteiger partial charge in [0.1, 0.15) is 5.82 Å². The summed E-state index contributed by atoms with van der Waals surface area (Å²) >= 11 is 0. The zero-order valence-electron chi connectivity index (χ0n) is 10.8. The first-order chi connectivity index (χ1) is 9.13. The molecule has 6 nitrogen and oxygen atoms in total. The van der Waals surface area contributed by atoms with Crippen LogP contribution in [0.5, 0.6) is 0 Å². The van der Waals surface area contributed by atoms with Crippen LogP contribution in [-0.2, 0) is 0 Å². The van der Waals surface area contributed by atoms with E-state index in [4.69, 9.17) is 0 Å². The van der Waals surface area contributed by atoms with Crippen molar-refractivity contribution < 1.29 is 4.92 Å². The number of anilines is 1. The molecule has 0 amide bonds. The third-order valence-corrected chi connectivity index (χ3v) is 2.70. The lowest BCUT2D eigenvalue weighted by Gasteiger charge is -2.08. The Balaban J connectivity index is 2.61. The summed E-state index contributed by atoms with van der Waals surface area (Å²) < 4.78 is 0. The van der Waals surface area contributed by atoms with Crippen molar-refractivity contribution in [3.05, 3.63) is 46.3 Å². The van der Waals surface area contributed by atoms with Gasteiger partial charge in [0.2, 0.25) is 0 Å². The SMILES string of the molecule is CCNc1ccc([N+](=O)[O-])c(-c2ccncc2C)n1. The van der Waals surface area contributed by atoms with Gasteiger partial charge in [-0.05, 0) is 31.5 Å². The lowest BCUT2D eigenvalue weighted by atomic mass is 10.1. The molecular formula is C13H14N4O2. The molecule has 0 radical (unpaired) electrons. The molecule has 98 valence electrons. The number of nitro groups is 1. The van der Waals surface area contributed by atoms with Crippen LogP contribution in [0.3, 0.4) is 0 Å². The van der Waals surface area contributed by atoms with E-state index in [1.807, 2.05) is 13.8 Å². The van der Waals surface area contributed by atoms with E-state index >= 15 is 0 Å². The minimum atomic E-state index is -0.419. The van der Waals surface area contributed by atoms with Gasteiger partial charge in [-0.2, -0.15) is 0 Å². The monoisotopic (exact) mass is 258 g/mol. The summed E-state index contributed by atoms with van der Waals surface area (Å²) in [6.07, 6.45) is 3.27. The molecular weight excluding hydrogens is 244 g/mol. The molecule has 0 aromatic carbocycles. The summed E-state index contributed by atoms with van der Waals surface area (Å²) in [7, 11) is 0. The quantitative estimate of drug-likeness (QED) is 0.673. The Morgan fingerprint density at radius 2 is 2.16 bits per heavy atom. The van der Waals surface area contributed by atoms with Crippen LogP contribution in [0.4, 0.5) is 11.5 Å². The Kier molecular flexibility index (Phi) is 3.70. The molecule has 2 aromatic rings. The highest BCUT2D eigenvalue weighted by Crippen LogP contribution is 2.30. The predicted molar refractivity (Wildman–Crippen MR) is 73.0 cm³/mol. The maximum absolute atomic E-state index is 11.1. The van der Waals surface area contributed by atoms with Crippen molar-refractivity contribution in [2.45, 2.75) is 13.8 Å². The van der Waals surface area contributed by atoms with E-state index in [0.29, 0.717) is 18.1 Å². The molecule has 2 rings (SSSR count). The lowest BCUT2D eigenvalue weighted by Crippen LogP contribution is -2.02. The van der Waals surface area contributed by atoms with Crippen LogP contribution in [0.2, 0.25) is 0 Å². The molecule has 0 unspecified atom stereocenters. The van der Waals surface area contributed by atoms with Crippen LogP contribution in [0.25, 0.3) is 11.3 Å². The maximum atomic E-state index is 11.1. The first-order valence-corrected chi connectivity index (χ1v) is 5.93. The summed E-state index contributed by atoms with van der Waals surface area (Å²) in [5.41, 5.74) is 1.94. The Bertz CT molecular complexity index is 613. The molecule has 0 spiro atoms. The summed E-state index contributed by atoms with van der Waals surface area (Å²) in [5.74, 6) is 0.624. The minimum absolute atomic E-state index is 0.00375. The van der Waals surface area contributed by atoms with Crippen LogP contribution >= 0.6 is 0 Å². The predicted octanol–water partition coefficient (Wildman–Crippen LogP) is 2.79. The number of aromatic nitrogens is 2. The van der Waals surface area contributed by atoms with Gasteiger partial charge in [0, 0.05) is 30.6 Å². The number of nitrogens with zero attached hydrogens (tertiary/aromatic N) is 3. The number of hydrogen-bond acceptors (Lipinski definition) is 5. The van der Waals surface area contributed by atoms with E-state index < -0.39 is 4.92 Å². The third kappa shape index (κ3) is 2.67. The van der Waals surface area contributed by atoms with E-state index in [2.05, 4.69) is 15.3 Å². The molecule has 0 aliphatic heterocycles. The molecule has 0 atom stereocenters. The van der Waals surface area contributed by atoms with Crippen molar-refractivity contribution in [2.75, 3.05) is 11.9 Å². The van der Waals surface area contributed by atoms with E-state index in [0.717, 1.165) is 11.1 Å². The third-order valence-electron chi connectivity index (χ3n) is 2.70. The number of nitrogens with one attached hydrogen (secondary N) is 1. The fourth-order valence-electron chi connectivity index (χ4n) is 1.82. The molecule has 0 saturated heterocycles. The van der Waals surface area contributed by atoms with Crippen LogP contribution < -0.4 is 5.32 Å². The lowest BCUT2D eigenvalue weighted by molar-refractivity contribution is -0.384. The van der Waals surface area contributed by atoms with Gasteiger partial charge in [0.25, 0.3) is 5.69 Å². The summed E-state index contributed by atoms with van der Waals surface area (Å²) in [6.45, 7) is 4.51. The molecule has 0 saturated carbocycles. The molecule has 0 aliphatic rings. The molecule has 0 aliphatic carbocycles. The van der Waals surface area contributed by atoms with E-state index in [9.17, 15) is 10.1 Å². The van der Waals surface area contributed by atoms with Gasteiger partial charge in [0.15, 0.2) is 5.69 Å². The van der Waals surface area contributed by atoms with Crippen molar-refractivity contribution in [1.82, 2.24) is 9.97 Å². The normalized spacial score (nSPS) is 10.2. The number of aryl methyl sites for hydroxylation is 1. The molecule has 2 aromatic heterocycles. The largest absolute Gasteiger partial charge is 0.370 e. The average molecular weight is 258 g/mol. The van der Waals surface area contributed by atoms with Crippen molar-refractivity contribution in [1.29, 1.82) is 0 Å². The highest BCUT2D eigenvalue weighted by Gasteiger charge is 2.19. The van der Waals surface area contributed by atoms with Crippen molar-refractivity contribution in [2.24, 2.45) is 0 Å². The zero-order valence-corrected chi connectivity index (χ0v) is 10.8. The first-order valence-electron chi connectivity index (χ1n) is 5.93. The summed E-state index contributed by atoms with van der Waals surface area (Å²) in [5, 5.41) is 14.2. The molecule has 6 heteroatoms. The summed E-state index contributed by atoms with van der Waals surface area (Å²) in [4.78, 5) is 19.0. The molecule has 19 heavy (non-hydrogen) atoms. The first kappa shape index (κ1) is 12.9. The summed E-state index contributed by atoms with van der Waals surface area (Å²) in [6, 6.07) is 4.82. The topological polar surface area (TPSA) is 81.0 Å². The van der Waals surface area contributed by atoms with Crippen molar-refractivity contribution in [3.63, 3.8) is 0 Å².